The van der Waals surface area contributed by atoms with Crippen molar-refractivity contribution in [2.24, 2.45) is 0 Å². The standard InChI is InChI=1S/C28H31F3N4O4S/c1-6-40(38,39)21-12-10-18(11-13-21)22(16-36)33-25(37)24-17(2)35(26(34-24)27(3,4)5)15-20-9-7-8-19(14-32)23(20)28(29,30)31/h7-13,22,36H,6,15-16H2,1-5H3,(H,33,37)/t22-/m0/s1. The van der Waals surface area contributed by atoms with Gasteiger partial charge >= 0.3 is 6.18 Å². The summed E-state index contributed by atoms with van der Waals surface area (Å²) in [5.74, 6) is -0.372. The Kier molecular flexibility index (Phi) is 8.81. The first-order valence-electron chi connectivity index (χ1n) is 12.5. The van der Waals surface area contributed by atoms with Crippen LogP contribution < -0.4 is 5.32 Å². The second kappa shape index (κ2) is 11.4. The summed E-state index contributed by atoms with van der Waals surface area (Å²) in [6, 6.07) is 10.3. The molecule has 1 atom stereocenters. The van der Waals surface area contributed by atoms with Crippen LogP contribution in [0.1, 0.15) is 78.0 Å². The number of imidazole rings is 1. The van der Waals surface area contributed by atoms with Crippen molar-refractivity contribution >= 4 is 15.7 Å². The Morgan fingerprint density at radius 2 is 1.77 bits per heavy atom. The second-order valence-corrected chi connectivity index (χ2v) is 12.6. The number of carbonyl (C=O) groups excluding carboxylic acids is 1. The Balaban J connectivity index is 2.01. The average Bonchev–Trinajstić information content (AvgIpc) is 3.22. The van der Waals surface area contributed by atoms with E-state index in [1.807, 2.05) is 20.8 Å². The molecule has 2 aromatic carbocycles. The van der Waals surface area contributed by atoms with Crippen molar-refractivity contribution in [2.45, 2.75) is 63.7 Å². The van der Waals surface area contributed by atoms with E-state index in [1.54, 1.807) is 13.0 Å². The number of nitrogens with one attached hydrogen (secondary N) is 1. The van der Waals surface area contributed by atoms with E-state index in [9.17, 15) is 36.8 Å². The van der Waals surface area contributed by atoms with E-state index in [4.69, 9.17) is 0 Å². The summed E-state index contributed by atoms with van der Waals surface area (Å²) < 4.78 is 67.5. The average molecular weight is 577 g/mol. The van der Waals surface area contributed by atoms with Crippen molar-refractivity contribution in [3.05, 3.63) is 81.9 Å². The Morgan fingerprint density at radius 3 is 2.27 bits per heavy atom. The minimum absolute atomic E-state index is 0.0291. The lowest BCUT2D eigenvalue weighted by molar-refractivity contribution is -0.138. The van der Waals surface area contributed by atoms with Gasteiger partial charge in [0.25, 0.3) is 5.91 Å². The molecule has 1 amide bonds. The molecule has 2 N–H and O–H groups in total. The molecule has 0 aliphatic carbocycles. The molecule has 0 fully saturated rings. The van der Waals surface area contributed by atoms with Crippen LogP contribution >= 0.6 is 0 Å². The number of aliphatic hydroxyl groups is 1. The van der Waals surface area contributed by atoms with Gasteiger partial charge < -0.3 is 15.0 Å². The van der Waals surface area contributed by atoms with Crippen LogP contribution in [-0.4, -0.2) is 41.3 Å². The largest absolute Gasteiger partial charge is 0.418 e. The number of hydrogen-bond acceptors (Lipinski definition) is 6. The molecule has 40 heavy (non-hydrogen) atoms. The molecule has 0 saturated heterocycles. The highest BCUT2D eigenvalue weighted by Gasteiger charge is 2.37. The Morgan fingerprint density at radius 1 is 1.15 bits per heavy atom. The summed E-state index contributed by atoms with van der Waals surface area (Å²) in [5, 5.41) is 21.9. The van der Waals surface area contributed by atoms with E-state index >= 15 is 0 Å². The number of rotatable bonds is 8. The molecule has 0 unspecified atom stereocenters. The molecule has 0 spiro atoms. The molecule has 0 radical (unpaired) electrons. The zero-order chi connectivity index (χ0) is 30.0. The maximum Gasteiger partial charge on any atom is 0.418 e. The molecule has 214 valence electrons. The zero-order valence-corrected chi connectivity index (χ0v) is 23.6. The normalized spacial score (nSPS) is 13.1. The molecule has 3 aromatic rings. The summed E-state index contributed by atoms with van der Waals surface area (Å²) >= 11 is 0. The van der Waals surface area contributed by atoms with Crippen LogP contribution in [0.3, 0.4) is 0 Å². The first-order chi connectivity index (χ1) is 18.5. The van der Waals surface area contributed by atoms with Crippen LogP contribution in [-0.2, 0) is 28.0 Å². The lowest BCUT2D eigenvalue weighted by atomic mass is 9.95. The Bertz CT molecular complexity index is 1550. The number of aromatic nitrogens is 2. The highest BCUT2D eigenvalue weighted by molar-refractivity contribution is 7.91. The quantitative estimate of drug-likeness (QED) is 0.401. The fourth-order valence-electron chi connectivity index (χ4n) is 4.38. The minimum Gasteiger partial charge on any atom is -0.394 e. The van der Waals surface area contributed by atoms with Gasteiger partial charge in [0.05, 0.1) is 40.5 Å². The Labute approximate surface area is 231 Å². The van der Waals surface area contributed by atoms with Gasteiger partial charge in [-0.15, -0.1) is 0 Å². The highest BCUT2D eigenvalue weighted by atomic mass is 32.2. The van der Waals surface area contributed by atoms with Crippen LogP contribution in [0.15, 0.2) is 47.4 Å². The van der Waals surface area contributed by atoms with Gasteiger partial charge in [-0.25, -0.2) is 13.4 Å². The van der Waals surface area contributed by atoms with Gasteiger partial charge in [-0.2, -0.15) is 18.4 Å². The molecule has 0 bridgehead atoms. The molecule has 0 saturated carbocycles. The number of hydrogen-bond donors (Lipinski definition) is 2. The number of halogens is 3. The van der Waals surface area contributed by atoms with Gasteiger partial charge in [-0.3, -0.25) is 4.79 Å². The van der Waals surface area contributed by atoms with Gasteiger partial charge in [0, 0.05) is 17.7 Å². The molecule has 3 rings (SSSR count). The Hall–Kier alpha value is -3.69. The van der Waals surface area contributed by atoms with Gasteiger partial charge in [0.1, 0.15) is 11.5 Å². The zero-order valence-electron chi connectivity index (χ0n) is 22.8. The first-order valence-corrected chi connectivity index (χ1v) is 14.1. The number of alkyl halides is 3. The van der Waals surface area contributed by atoms with Crippen LogP contribution in [0.25, 0.3) is 0 Å². The van der Waals surface area contributed by atoms with Crippen LogP contribution in [0, 0.1) is 18.3 Å². The fraction of sp³-hybridized carbons (Fsp3) is 0.393. The number of carbonyl (C=O) groups is 1. The van der Waals surface area contributed by atoms with E-state index in [2.05, 4.69) is 10.3 Å². The van der Waals surface area contributed by atoms with Gasteiger partial charge in [-0.1, -0.05) is 52.0 Å². The van der Waals surface area contributed by atoms with Crippen molar-refractivity contribution < 1.29 is 31.5 Å². The number of sulfone groups is 1. The minimum atomic E-state index is -4.77. The lowest BCUT2D eigenvalue weighted by Gasteiger charge is -2.22. The van der Waals surface area contributed by atoms with E-state index in [-0.39, 0.29) is 28.5 Å². The van der Waals surface area contributed by atoms with Gasteiger partial charge in [-0.05, 0) is 36.2 Å². The van der Waals surface area contributed by atoms with Gasteiger partial charge in [0.15, 0.2) is 9.84 Å². The molecule has 0 aliphatic heterocycles. The van der Waals surface area contributed by atoms with E-state index < -0.39 is 51.1 Å². The van der Waals surface area contributed by atoms with Crippen LogP contribution in [0.2, 0.25) is 0 Å². The van der Waals surface area contributed by atoms with E-state index in [0.717, 1.165) is 6.07 Å². The van der Waals surface area contributed by atoms with Crippen molar-refractivity contribution in [2.75, 3.05) is 12.4 Å². The number of nitrogens with zero attached hydrogens (tertiary/aromatic N) is 3. The SMILES string of the molecule is CCS(=O)(=O)c1ccc([C@H](CO)NC(=O)c2nc(C(C)(C)C)n(Cc3cccc(C#N)c3C(F)(F)F)c2C)cc1. The van der Waals surface area contributed by atoms with Crippen molar-refractivity contribution in [1.82, 2.24) is 14.9 Å². The fourth-order valence-corrected chi connectivity index (χ4v) is 5.26. The summed E-state index contributed by atoms with van der Waals surface area (Å²) in [6.07, 6.45) is -4.77. The smallest absolute Gasteiger partial charge is 0.394 e. The number of benzene rings is 2. The number of aliphatic hydroxyl groups excluding tert-OH is 1. The molecule has 1 heterocycles. The number of nitriles is 1. The molecule has 8 nitrogen and oxygen atoms in total. The monoisotopic (exact) mass is 576 g/mol. The van der Waals surface area contributed by atoms with Crippen LogP contribution in [0.4, 0.5) is 13.2 Å². The summed E-state index contributed by atoms with van der Waals surface area (Å²) in [6.45, 7) is 7.75. The van der Waals surface area contributed by atoms with Crippen LogP contribution in [0.5, 0.6) is 0 Å². The maximum absolute atomic E-state index is 13.9. The highest BCUT2D eigenvalue weighted by Crippen LogP contribution is 2.36. The first kappa shape index (κ1) is 30.8. The van der Waals surface area contributed by atoms with E-state index in [1.165, 1.54) is 47.9 Å². The second-order valence-electron chi connectivity index (χ2n) is 10.3. The van der Waals surface area contributed by atoms with Crippen molar-refractivity contribution in [1.29, 1.82) is 5.26 Å². The maximum atomic E-state index is 13.9. The van der Waals surface area contributed by atoms with E-state index in [0.29, 0.717) is 17.1 Å². The van der Waals surface area contributed by atoms with Crippen molar-refractivity contribution in [3.63, 3.8) is 0 Å². The third-order valence-corrected chi connectivity index (χ3v) is 8.25. The predicted molar refractivity (Wildman–Crippen MR) is 142 cm³/mol. The molecular formula is C28H31F3N4O4S. The topological polar surface area (TPSA) is 125 Å². The molecule has 12 heteroatoms. The molecular weight excluding hydrogens is 545 g/mol. The van der Waals surface area contributed by atoms with Crippen molar-refractivity contribution in [3.8, 4) is 6.07 Å². The lowest BCUT2D eigenvalue weighted by Crippen LogP contribution is -2.31. The van der Waals surface area contributed by atoms with Gasteiger partial charge in [0.2, 0.25) is 0 Å². The number of amides is 1. The summed E-state index contributed by atoms with van der Waals surface area (Å²) in [7, 11) is -3.43. The third-order valence-electron chi connectivity index (χ3n) is 6.50. The molecule has 1 aromatic heterocycles. The predicted octanol–water partition coefficient (Wildman–Crippen LogP) is 4.68. The summed E-state index contributed by atoms with van der Waals surface area (Å²) in [4.78, 5) is 17.9. The third kappa shape index (κ3) is 6.37. The molecule has 0 aliphatic rings. The summed E-state index contributed by atoms with van der Waals surface area (Å²) in [5.41, 5.74) is -1.60.